The average Bonchev–Trinajstić information content (AvgIpc) is 2.81. The van der Waals surface area contributed by atoms with Crippen molar-refractivity contribution < 1.29 is 17.9 Å². The van der Waals surface area contributed by atoms with Gasteiger partial charge >= 0.3 is 5.97 Å². The first-order chi connectivity index (χ1) is 10.8. The number of ether oxygens (including phenoxy) is 1. The van der Waals surface area contributed by atoms with Gasteiger partial charge in [-0.3, -0.25) is 4.72 Å². The number of benzene rings is 1. The summed E-state index contributed by atoms with van der Waals surface area (Å²) in [5.74, 6) is -0.398. The van der Waals surface area contributed by atoms with Crippen LogP contribution in [0.4, 0.5) is 5.69 Å². The monoisotopic (exact) mass is 350 g/mol. The van der Waals surface area contributed by atoms with Gasteiger partial charge in [0, 0.05) is 16.7 Å². The molecule has 0 amide bonds. The van der Waals surface area contributed by atoms with Crippen LogP contribution in [0.25, 0.3) is 0 Å². The van der Waals surface area contributed by atoms with E-state index in [1.807, 2.05) is 19.1 Å². The quantitative estimate of drug-likeness (QED) is 0.853. The van der Waals surface area contributed by atoms with Crippen LogP contribution in [0.15, 0.2) is 40.4 Å². The van der Waals surface area contributed by atoms with E-state index < -0.39 is 16.0 Å². The highest BCUT2D eigenvalue weighted by molar-refractivity contribution is 7.99. The van der Waals surface area contributed by atoms with Crippen molar-refractivity contribution in [2.75, 3.05) is 11.0 Å². The third-order valence-corrected chi connectivity index (χ3v) is 4.78. The Morgan fingerprint density at radius 1 is 1.30 bits per heavy atom. The summed E-state index contributed by atoms with van der Waals surface area (Å²) in [5.41, 5.74) is 2.57. The molecule has 1 aromatic heterocycles. The maximum absolute atomic E-state index is 11.7. The Labute approximate surface area is 138 Å². The lowest BCUT2D eigenvalue weighted by molar-refractivity contribution is 0.0535. The van der Waals surface area contributed by atoms with Gasteiger partial charge in [-0.15, -0.1) is 0 Å². The average molecular weight is 350 g/mol. The van der Waals surface area contributed by atoms with E-state index >= 15 is 0 Å². The van der Waals surface area contributed by atoms with Gasteiger partial charge in [0.15, 0.2) is 0 Å². The number of pyridine rings is 1. The van der Waals surface area contributed by atoms with E-state index in [1.165, 1.54) is 11.8 Å². The molecule has 2 heterocycles. The molecule has 120 valence electrons. The second-order valence-corrected chi connectivity index (χ2v) is 8.04. The minimum absolute atomic E-state index is 0.153. The first kappa shape index (κ1) is 15.8. The first-order valence-corrected chi connectivity index (χ1v) is 9.45. The van der Waals surface area contributed by atoms with Gasteiger partial charge in [-0.05, 0) is 30.7 Å². The number of rotatable bonds is 4. The molecule has 1 N–H and O–H groups in total. The minimum atomic E-state index is -3.44. The highest BCUT2D eigenvalue weighted by atomic mass is 32.2. The van der Waals surface area contributed by atoms with Gasteiger partial charge in [-0.25, -0.2) is 18.2 Å². The predicted molar refractivity (Wildman–Crippen MR) is 87.1 cm³/mol. The summed E-state index contributed by atoms with van der Waals surface area (Å²) in [6, 6.07) is 7.04. The second-order valence-electron chi connectivity index (χ2n) is 5.23. The molecule has 2 aromatic rings. The number of esters is 1. The van der Waals surface area contributed by atoms with Gasteiger partial charge in [0.25, 0.3) is 0 Å². The van der Waals surface area contributed by atoms with Crippen LogP contribution in [0.5, 0.6) is 0 Å². The molecule has 1 aliphatic heterocycles. The van der Waals surface area contributed by atoms with Crippen LogP contribution in [0.1, 0.15) is 21.5 Å². The summed E-state index contributed by atoms with van der Waals surface area (Å²) in [6.45, 7) is 2.09. The number of hydrogen-bond donors (Lipinski definition) is 1. The van der Waals surface area contributed by atoms with Crippen molar-refractivity contribution in [2.45, 2.75) is 23.5 Å². The molecular formula is C15H14N2O4S2. The highest BCUT2D eigenvalue weighted by Crippen LogP contribution is 2.37. The van der Waals surface area contributed by atoms with Gasteiger partial charge in [0.1, 0.15) is 11.6 Å². The Morgan fingerprint density at radius 3 is 2.74 bits per heavy atom. The Hall–Kier alpha value is -2.06. The normalized spacial score (nSPS) is 13.6. The van der Waals surface area contributed by atoms with E-state index in [-0.39, 0.29) is 6.61 Å². The molecule has 1 aliphatic rings. The Balaban J connectivity index is 2.03. The maximum atomic E-state index is 11.7. The fourth-order valence-electron chi connectivity index (χ4n) is 2.15. The van der Waals surface area contributed by atoms with E-state index in [2.05, 4.69) is 9.71 Å². The summed E-state index contributed by atoms with van der Waals surface area (Å²) in [6.07, 6.45) is 2.81. The number of aromatic nitrogens is 1. The SMILES string of the molecule is Cc1ccc(Sc2cc3c(cc2NS(C)(=O)=O)COC3=O)nc1. The Bertz CT molecular complexity index is 877. The molecule has 0 saturated carbocycles. The molecule has 1 aromatic carbocycles. The van der Waals surface area contributed by atoms with Gasteiger partial charge in [0.2, 0.25) is 10.0 Å². The van der Waals surface area contributed by atoms with E-state index in [9.17, 15) is 13.2 Å². The Kier molecular flexibility index (Phi) is 4.03. The van der Waals surface area contributed by atoms with Crippen molar-refractivity contribution in [1.82, 2.24) is 4.98 Å². The van der Waals surface area contributed by atoms with Crippen LogP contribution < -0.4 is 4.72 Å². The van der Waals surface area contributed by atoms with Crippen LogP contribution in [0.3, 0.4) is 0 Å². The molecule has 23 heavy (non-hydrogen) atoms. The van der Waals surface area contributed by atoms with Crippen molar-refractivity contribution in [3.05, 3.63) is 47.2 Å². The van der Waals surface area contributed by atoms with Gasteiger partial charge in [-0.2, -0.15) is 0 Å². The molecule has 6 nitrogen and oxygen atoms in total. The van der Waals surface area contributed by atoms with Crippen LogP contribution in [-0.2, 0) is 21.4 Å². The zero-order chi connectivity index (χ0) is 16.6. The maximum Gasteiger partial charge on any atom is 0.338 e. The molecule has 8 heteroatoms. The fraction of sp³-hybridized carbons (Fsp3) is 0.200. The topological polar surface area (TPSA) is 85.4 Å². The lowest BCUT2D eigenvalue weighted by Crippen LogP contribution is -2.11. The number of sulfonamides is 1. The summed E-state index contributed by atoms with van der Waals surface area (Å²) in [5, 5.41) is 0.707. The van der Waals surface area contributed by atoms with Crippen molar-refractivity contribution in [1.29, 1.82) is 0 Å². The van der Waals surface area contributed by atoms with Crippen LogP contribution >= 0.6 is 11.8 Å². The lowest BCUT2D eigenvalue weighted by atomic mass is 10.1. The molecule has 0 fully saturated rings. The van der Waals surface area contributed by atoms with E-state index in [4.69, 9.17) is 4.74 Å². The molecule has 0 unspecified atom stereocenters. The van der Waals surface area contributed by atoms with Crippen LogP contribution in [0.2, 0.25) is 0 Å². The molecule has 0 radical (unpaired) electrons. The van der Waals surface area contributed by atoms with Crippen LogP contribution in [0, 0.1) is 6.92 Å². The minimum Gasteiger partial charge on any atom is -0.457 e. The number of nitrogens with one attached hydrogen (secondary N) is 1. The number of hydrogen-bond acceptors (Lipinski definition) is 6. The van der Waals surface area contributed by atoms with E-state index in [0.29, 0.717) is 26.7 Å². The fourth-order valence-corrected chi connectivity index (χ4v) is 3.64. The number of carbonyl (C=O) groups excluding carboxylic acids is 1. The molecule has 0 saturated heterocycles. The molecule has 0 aliphatic carbocycles. The third kappa shape index (κ3) is 3.65. The van der Waals surface area contributed by atoms with E-state index in [1.54, 1.807) is 18.3 Å². The highest BCUT2D eigenvalue weighted by Gasteiger charge is 2.24. The standard InChI is InChI=1S/C15H14N2O4S2/c1-9-3-4-14(16-7-9)22-13-6-11-10(8-21-15(11)18)5-12(13)17-23(2,19)20/h3-7,17H,8H2,1-2H3. The van der Waals surface area contributed by atoms with Crippen molar-refractivity contribution in [2.24, 2.45) is 0 Å². The molecule has 3 rings (SSSR count). The third-order valence-electron chi connectivity index (χ3n) is 3.18. The molecule has 0 spiro atoms. The zero-order valence-corrected chi connectivity index (χ0v) is 14.1. The largest absolute Gasteiger partial charge is 0.457 e. The van der Waals surface area contributed by atoms with Gasteiger partial charge < -0.3 is 4.74 Å². The zero-order valence-electron chi connectivity index (χ0n) is 12.5. The number of aryl methyl sites for hydroxylation is 1. The van der Waals surface area contributed by atoms with E-state index in [0.717, 1.165) is 11.8 Å². The molecular weight excluding hydrogens is 336 g/mol. The van der Waals surface area contributed by atoms with Crippen molar-refractivity contribution in [3.8, 4) is 0 Å². The van der Waals surface area contributed by atoms with Gasteiger partial charge in [-0.1, -0.05) is 17.8 Å². The lowest BCUT2D eigenvalue weighted by Gasteiger charge is -2.11. The smallest absolute Gasteiger partial charge is 0.338 e. The number of fused-ring (bicyclic) bond motifs is 1. The van der Waals surface area contributed by atoms with Crippen molar-refractivity contribution in [3.63, 3.8) is 0 Å². The predicted octanol–water partition coefficient (Wildman–Crippen LogP) is 2.58. The summed E-state index contributed by atoms with van der Waals surface area (Å²) < 4.78 is 30.6. The summed E-state index contributed by atoms with van der Waals surface area (Å²) >= 11 is 1.29. The number of anilines is 1. The van der Waals surface area contributed by atoms with Crippen molar-refractivity contribution >= 4 is 33.4 Å². The Morgan fingerprint density at radius 2 is 2.09 bits per heavy atom. The van der Waals surface area contributed by atoms with Crippen LogP contribution in [-0.4, -0.2) is 25.6 Å². The summed E-state index contributed by atoms with van der Waals surface area (Å²) in [4.78, 5) is 16.6. The number of carbonyl (C=O) groups is 1. The number of nitrogens with zero attached hydrogens (tertiary/aromatic N) is 1. The van der Waals surface area contributed by atoms with Gasteiger partial charge in [0.05, 0.1) is 17.5 Å². The summed E-state index contributed by atoms with van der Waals surface area (Å²) in [7, 11) is -3.44. The number of cyclic esters (lactones) is 1. The second kappa shape index (κ2) is 5.86. The molecule has 0 bridgehead atoms. The first-order valence-electron chi connectivity index (χ1n) is 6.74. The molecule has 0 atom stereocenters.